The minimum absolute atomic E-state index is 0.103. The van der Waals surface area contributed by atoms with Crippen LogP contribution in [0.2, 0.25) is 0 Å². The quantitative estimate of drug-likeness (QED) is 0.0222. The molecule has 0 spiro atoms. The minimum atomic E-state index is -4.96. The van der Waals surface area contributed by atoms with E-state index in [0.29, 0.717) is 25.7 Å². The Bertz CT molecular complexity index is 1840. The Morgan fingerprint density at radius 1 is 0.309 bits per heavy atom. The van der Waals surface area contributed by atoms with Crippen molar-refractivity contribution in [3.63, 3.8) is 0 Å². The molecule has 558 valence electrons. The number of carbonyl (C=O) groups is 4. The molecule has 0 aliphatic heterocycles. The van der Waals surface area contributed by atoms with Gasteiger partial charge in [-0.1, -0.05) is 331 Å². The first kappa shape index (κ1) is 92.1. The minimum Gasteiger partial charge on any atom is -0.462 e. The molecule has 0 saturated carbocycles. The molecule has 0 rings (SSSR count). The number of carbonyl (C=O) groups excluding carboxylic acids is 4. The van der Waals surface area contributed by atoms with Crippen molar-refractivity contribution in [2.45, 2.75) is 401 Å². The van der Waals surface area contributed by atoms with Gasteiger partial charge in [-0.3, -0.25) is 37.3 Å². The van der Waals surface area contributed by atoms with Gasteiger partial charge in [0.1, 0.15) is 19.3 Å². The van der Waals surface area contributed by atoms with Crippen LogP contribution in [0.25, 0.3) is 0 Å². The molecule has 0 aromatic carbocycles. The highest BCUT2D eigenvalue weighted by atomic mass is 31.2. The van der Waals surface area contributed by atoms with Crippen molar-refractivity contribution in [3.8, 4) is 0 Å². The van der Waals surface area contributed by atoms with Gasteiger partial charge in [-0.25, -0.2) is 9.13 Å². The highest BCUT2D eigenvalue weighted by Gasteiger charge is 2.30. The molecule has 3 unspecified atom stereocenters. The predicted octanol–water partition coefficient (Wildman–Crippen LogP) is 21.8. The lowest BCUT2D eigenvalue weighted by molar-refractivity contribution is -0.161. The van der Waals surface area contributed by atoms with Gasteiger partial charge in [0.2, 0.25) is 0 Å². The highest BCUT2D eigenvalue weighted by Crippen LogP contribution is 2.45. The van der Waals surface area contributed by atoms with Gasteiger partial charge in [0.25, 0.3) is 0 Å². The van der Waals surface area contributed by atoms with Gasteiger partial charge in [0, 0.05) is 25.7 Å². The SMILES string of the molecule is CCCCCCCCCCC(=O)OC[C@H](COP(=O)(O)OC[C@H](O)COP(=O)(O)OC[C@@H](COC(=O)CCCCCCCCCCCCCCCCCC(C)C)OC(=O)CCCCCCCCCCCCCCCCCC(C)C)OC(=O)CCCCCCCCC(C)CC. The maximum Gasteiger partial charge on any atom is 0.472 e. The van der Waals surface area contributed by atoms with E-state index >= 15 is 0 Å². The van der Waals surface area contributed by atoms with Gasteiger partial charge < -0.3 is 33.8 Å². The van der Waals surface area contributed by atoms with Crippen molar-refractivity contribution in [2.75, 3.05) is 39.6 Å². The number of aliphatic hydroxyl groups excluding tert-OH is 1. The molecule has 6 atom stereocenters. The molecule has 19 heteroatoms. The van der Waals surface area contributed by atoms with Crippen molar-refractivity contribution in [1.29, 1.82) is 0 Å². The summed E-state index contributed by atoms with van der Waals surface area (Å²) >= 11 is 0. The summed E-state index contributed by atoms with van der Waals surface area (Å²) < 4.78 is 68.4. The highest BCUT2D eigenvalue weighted by molar-refractivity contribution is 7.47. The van der Waals surface area contributed by atoms with Crippen molar-refractivity contribution >= 4 is 39.5 Å². The Morgan fingerprint density at radius 2 is 0.543 bits per heavy atom. The molecule has 0 aliphatic carbocycles. The van der Waals surface area contributed by atoms with Crippen molar-refractivity contribution in [1.82, 2.24) is 0 Å². The smallest absolute Gasteiger partial charge is 0.462 e. The summed E-state index contributed by atoms with van der Waals surface area (Å²) in [5.74, 6) is 0.205. The number of unbranched alkanes of at least 4 members (excludes halogenated alkanes) is 40. The van der Waals surface area contributed by atoms with Gasteiger partial charge in [0.05, 0.1) is 26.4 Å². The second-order valence-corrected chi connectivity index (χ2v) is 31.1. The van der Waals surface area contributed by atoms with Crippen LogP contribution in [0.3, 0.4) is 0 Å². The third-order valence-electron chi connectivity index (χ3n) is 17.7. The summed E-state index contributed by atoms with van der Waals surface area (Å²) in [6.45, 7) is 11.9. The summed E-state index contributed by atoms with van der Waals surface area (Å²) in [5, 5.41) is 10.6. The van der Waals surface area contributed by atoms with E-state index in [2.05, 4.69) is 48.5 Å². The second kappa shape index (κ2) is 65.7. The summed E-state index contributed by atoms with van der Waals surface area (Å²) in [5.41, 5.74) is 0. The van der Waals surface area contributed by atoms with Crippen LogP contribution in [0.15, 0.2) is 0 Å². The zero-order valence-corrected chi connectivity index (χ0v) is 63.2. The molecule has 0 amide bonds. The van der Waals surface area contributed by atoms with Crippen LogP contribution in [-0.2, 0) is 65.4 Å². The lowest BCUT2D eigenvalue weighted by Crippen LogP contribution is -2.30. The fraction of sp³-hybridized carbons (Fsp3) is 0.947. The number of ether oxygens (including phenoxy) is 4. The van der Waals surface area contributed by atoms with Gasteiger partial charge in [0.15, 0.2) is 12.2 Å². The number of rotatable bonds is 73. The fourth-order valence-electron chi connectivity index (χ4n) is 11.4. The van der Waals surface area contributed by atoms with E-state index in [1.54, 1.807) is 0 Å². The molecule has 94 heavy (non-hydrogen) atoms. The summed E-state index contributed by atoms with van der Waals surface area (Å²) in [6, 6.07) is 0. The third kappa shape index (κ3) is 67.3. The normalized spacial score (nSPS) is 14.4. The molecular weight excluding hydrogens is 1230 g/mol. The van der Waals surface area contributed by atoms with Crippen molar-refractivity contribution in [3.05, 3.63) is 0 Å². The lowest BCUT2D eigenvalue weighted by Gasteiger charge is -2.21. The van der Waals surface area contributed by atoms with Crippen LogP contribution in [-0.4, -0.2) is 96.7 Å². The predicted molar refractivity (Wildman–Crippen MR) is 381 cm³/mol. The molecule has 0 fully saturated rings. The van der Waals surface area contributed by atoms with Crippen LogP contribution < -0.4 is 0 Å². The number of esters is 4. The first-order valence-electron chi connectivity index (χ1n) is 38.9. The van der Waals surface area contributed by atoms with E-state index in [4.69, 9.17) is 37.0 Å². The summed E-state index contributed by atoms with van der Waals surface area (Å²) in [4.78, 5) is 72.6. The monoisotopic (exact) mass is 1380 g/mol. The van der Waals surface area contributed by atoms with E-state index in [9.17, 15) is 43.2 Å². The molecular formula is C75H146O17P2. The van der Waals surface area contributed by atoms with E-state index in [1.165, 1.54) is 186 Å². The van der Waals surface area contributed by atoms with Crippen LogP contribution in [0.1, 0.15) is 382 Å². The number of aliphatic hydroxyl groups is 1. The Balaban J connectivity index is 5.20. The lowest BCUT2D eigenvalue weighted by atomic mass is 10.00. The third-order valence-corrected chi connectivity index (χ3v) is 19.6. The maximum absolute atomic E-state index is 13.1. The molecule has 0 saturated heterocycles. The largest absolute Gasteiger partial charge is 0.472 e. The molecule has 0 heterocycles. The maximum atomic E-state index is 13.1. The van der Waals surface area contributed by atoms with Crippen LogP contribution >= 0.6 is 15.6 Å². The standard InChI is InChI=1S/C75H146O17P2/c1-8-10-11-12-13-34-42-49-56-72(77)85-63-71(92-75(80)59-52-45-38-37-41-48-55-68(7)9-2)65-90-94(83,84)88-61-69(76)60-87-93(81,82)89-64-70(91-74(79)58-51-44-36-31-27-23-19-15-17-21-25-29-33-40-47-54-67(5)6)62-86-73(78)57-50-43-35-30-26-22-18-14-16-20-24-28-32-39-46-53-66(3)4/h66-71,76H,8-65H2,1-7H3,(H,81,82)(H,83,84)/t68?,69-,70-,71-/m1/s1. The first-order valence-corrected chi connectivity index (χ1v) is 41.9. The summed E-state index contributed by atoms with van der Waals surface area (Å²) in [7, 11) is -9.91. The van der Waals surface area contributed by atoms with Crippen LogP contribution in [0.5, 0.6) is 0 Å². The van der Waals surface area contributed by atoms with E-state index < -0.39 is 97.5 Å². The molecule has 3 N–H and O–H groups in total. The topological polar surface area (TPSA) is 237 Å². The molecule has 0 aromatic heterocycles. The zero-order chi connectivity index (χ0) is 69.4. The summed E-state index contributed by atoms with van der Waals surface area (Å²) in [6.07, 6.45) is 51.5. The van der Waals surface area contributed by atoms with Crippen LogP contribution in [0.4, 0.5) is 0 Å². The van der Waals surface area contributed by atoms with Gasteiger partial charge >= 0.3 is 39.5 Å². The Hall–Kier alpha value is -1.94. The van der Waals surface area contributed by atoms with E-state index in [1.807, 2.05) is 0 Å². The van der Waals surface area contributed by atoms with Gasteiger partial charge in [-0.15, -0.1) is 0 Å². The molecule has 0 radical (unpaired) electrons. The van der Waals surface area contributed by atoms with Gasteiger partial charge in [-0.2, -0.15) is 0 Å². The molecule has 17 nitrogen and oxygen atoms in total. The van der Waals surface area contributed by atoms with E-state index in [0.717, 1.165) is 114 Å². The molecule has 0 bridgehead atoms. The fourth-order valence-corrected chi connectivity index (χ4v) is 13.0. The Labute approximate surface area is 575 Å². The second-order valence-electron chi connectivity index (χ2n) is 28.2. The Morgan fingerprint density at radius 3 is 0.809 bits per heavy atom. The zero-order valence-electron chi connectivity index (χ0n) is 61.4. The van der Waals surface area contributed by atoms with Crippen LogP contribution in [0, 0.1) is 17.8 Å². The first-order chi connectivity index (χ1) is 45.3. The van der Waals surface area contributed by atoms with Crippen molar-refractivity contribution < 1.29 is 80.2 Å². The molecule has 0 aromatic rings. The van der Waals surface area contributed by atoms with Crippen molar-refractivity contribution in [2.24, 2.45) is 17.8 Å². The number of phosphoric ester groups is 2. The molecule has 0 aliphatic rings. The van der Waals surface area contributed by atoms with Gasteiger partial charge in [-0.05, 0) is 43.4 Å². The average molecular weight is 1380 g/mol. The number of hydrogen-bond donors (Lipinski definition) is 3. The number of phosphoric acid groups is 2. The van der Waals surface area contributed by atoms with E-state index in [-0.39, 0.29) is 25.7 Å². The Kier molecular flexibility index (Phi) is 64.3. The number of hydrogen-bond acceptors (Lipinski definition) is 15. The average Bonchev–Trinajstić information content (AvgIpc) is 3.21.